The normalized spacial score (nSPS) is 11.6. The Hall–Kier alpha value is -2.90. The summed E-state index contributed by atoms with van der Waals surface area (Å²) in [5.41, 5.74) is -1.16. The number of ether oxygens (including phenoxy) is 1. The fourth-order valence-electron chi connectivity index (χ4n) is 2.11. The second kappa shape index (κ2) is 6.19. The number of halogens is 6. The van der Waals surface area contributed by atoms with Gasteiger partial charge in [0.15, 0.2) is 29.0 Å². The molecular formula is C17H8F6O2. The van der Waals surface area contributed by atoms with Crippen LogP contribution >= 0.6 is 0 Å². The van der Waals surface area contributed by atoms with Gasteiger partial charge in [-0.15, -0.1) is 0 Å². The summed E-state index contributed by atoms with van der Waals surface area (Å²) in [4.78, 5) is 0. The Morgan fingerprint density at radius 1 is 0.840 bits per heavy atom. The zero-order valence-electron chi connectivity index (χ0n) is 12.2. The van der Waals surface area contributed by atoms with Gasteiger partial charge in [0.25, 0.3) is 0 Å². The molecule has 0 amide bonds. The second-order valence-electron chi connectivity index (χ2n) is 4.99. The first-order chi connectivity index (χ1) is 11.8. The van der Waals surface area contributed by atoms with Crippen LogP contribution < -0.4 is 4.74 Å². The van der Waals surface area contributed by atoms with Gasteiger partial charge in [0.1, 0.15) is 5.76 Å². The number of furan rings is 1. The predicted molar refractivity (Wildman–Crippen MR) is 75.5 cm³/mol. The summed E-state index contributed by atoms with van der Waals surface area (Å²) in [6.45, 7) is 0. The number of rotatable bonds is 3. The monoisotopic (exact) mass is 358 g/mol. The highest BCUT2D eigenvalue weighted by atomic mass is 19.4. The lowest BCUT2D eigenvalue weighted by molar-refractivity contribution is -0.138. The van der Waals surface area contributed by atoms with Gasteiger partial charge in [-0.3, -0.25) is 0 Å². The quantitative estimate of drug-likeness (QED) is 0.522. The minimum Gasteiger partial charge on any atom is -0.464 e. The van der Waals surface area contributed by atoms with Crippen molar-refractivity contribution in [3.63, 3.8) is 0 Å². The molecule has 3 rings (SSSR count). The van der Waals surface area contributed by atoms with Crippen LogP contribution in [0.3, 0.4) is 0 Å². The molecule has 0 atom stereocenters. The van der Waals surface area contributed by atoms with Crippen molar-refractivity contribution in [3.05, 3.63) is 71.7 Å². The van der Waals surface area contributed by atoms with Crippen LogP contribution in [0.25, 0.3) is 11.3 Å². The average Bonchev–Trinajstić information content (AvgIpc) is 3.05. The molecule has 2 nitrogen and oxygen atoms in total. The van der Waals surface area contributed by atoms with E-state index in [1.807, 2.05) is 0 Å². The van der Waals surface area contributed by atoms with Gasteiger partial charge in [-0.05, 0) is 42.5 Å². The Balaban J connectivity index is 1.99. The summed E-state index contributed by atoms with van der Waals surface area (Å²) < 4.78 is 89.1. The van der Waals surface area contributed by atoms with Gasteiger partial charge < -0.3 is 9.15 Å². The highest BCUT2D eigenvalue weighted by molar-refractivity contribution is 5.60. The standard InChI is InChI=1S/C17H8F6O2/c18-11-4-3-9(14-2-1-5-24-14)6-15(11)25-16-12(19)7-10(8-13(16)20)17(21,22)23/h1-8H. The third-order valence-electron chi connectivity index (χ3n) is 3.27. The van der Waals surface area contributed by atoms with E-state index in [4.69, 9.17) is 9.15 Å². The van der Waals surface area contributed by atoms with Gasteiger partial charge in [0.2, 0.25) is 0 Å². The largest absolute Gasteiger partial charge is 0.464 e. The molecule has 0 aliphatic rings. The first-order valence-corrected chi connectivity index (χ1v) is 6.83. The third kappa shape index (κ3) is 3.47. The first-order valence-electron chi connectivity index (χ1n) is 6.83. The summed E-state index contributed by atoms with van der Waals surface area (Å²) >= 11 is 0. The van der Waals surface area contributed by atoms with Gasteiger partial charge in [0, 0.05) is 5.56 Å². The molecule has 0 radical (unpaired) electrons. The molecule has 0 spiro atoms. The molecule has 0 saturated carbocycles. The van der Waals surface area contributed by atoms with Crippen LogP contribution in [0.15, 0.2) is 53.1 Å². The Morgan fingerprint density at radius 2 is 1.52 bits per heavy atom. The molecule has 8 heteroatoms. The zero-order chi connectivity index (χ0) is 18.2. The molecule has 0 bridgehead atoms. The van der Waals surface area contributed by atoms with Crippen LogP contribution in [-0.4, -0.2) is 0 Å². The molecule has 0 saturated heterocycles. The number of hydrogen-bond acceptors (Lipinski definition) is 2. The second-order valence-corrected chi connectivity index (χ2v) is 4.99. The summed E-state index contributed by atoms with van der Waals surface area (Å²) in [7, 11) is 0. The molecule has 0 aliphatic carbocycles. The van der Waals surface area contributed by atoms with Crippen LogP contribution in [-0.2, 0) is 6.18 Å². The Morgan fingerprint density at radius 3 is 2.08 bits per heavy atom. The lowest BCUT2D eigenvalue weighted by Crippen LogP contribution is -2.07. The van der Waals surface area contributed by atoms with Crippen molar-refractivity contribution >= 4 is 0 Å². The van der Waals surface area contributed by atoms with Crippen LogP contribution in [0, 0.1) is 17.5 Å². The topological polar surface area (TPSA) is 22.4 Å². The van der Waals surface area contributed by atoms with Crippen LogP contribution in [0.2, 0.25) is 0 Å². The molecule has 0 unspecified atom stereocenters. The highest BCUT2D eigenvalue weighted by Gasteiger charge is 2.33. The lowest BCUT2D eigenvalue weighted by atomic mass is 10.1. The van der Waals surface area contributed by atoms with E-state index in [0.29, 0.717) is 11.3 Å². The Bertz CT molecular complexity index is 877. The average molecular weight is 358 g/mol. The molecule has 2 aromatic carbocycles. The van der Waals surface area contributed by atoms with Crippen molar-refractivity contribution in [1.29, 1.82) is 0 Å². The van der Waals surface area contributed by atoms with E-state index in [-0.39, 0.29) is 12.1 Å². The van der Waals surface area contributed by atoms with Crippen molar-refractivity contribution in [2.75, 3.05) is 0 Å². The Kier molecular flexibility index (Phi) is 4.20. The third-order valence-corrected chi connectivity index (χ3v) is 3.27. The maximum absolute atomic E-state index is 13.8. The molecule has 25 heavy (non-hydrogen) atoms. The molecule has 0 aliphatic heterocycles. The highest BCUT2D eigenvalue weighted by Crippen LogP contribution is 2.37. The number of alkyl halides is 3. The molecule has 0 N–H and O–H groups in total. The SMILES string of the molecule is Fc1ccc(-c2ccco2)cc1Oc1c(F)cc(C(F)(F)F)cc1F. The van der Waals surface area contributed by atoms with E-state index in [0.717, 1.165) is 12.1 Å². The fraction of sp³-hybridized carbons (Fsp3) is 0.0588. The predicted octanol–water partition coefficient (Wildman–Crippen LogP) is 6.18. The smallest absolute Gasteiger partial charge is 0.416 e. The van der Waals surface area contributed by atoms with Crippen molar-refractivity contribution < 1.29 is 35.5 Å². The fourth-order valence-corrected chi connectivity index (χ4v) is 2.11. The van der Waals surface area contributed by atoms with Gasteiger partial charge >= 0.3 is 6.18 Å². The van der Waals surface area contributed by atoms with Crippen molar-refractivity contribution in [2.45, 2.75) is 6.18 Å². The van der Waals surface area contributed by atoms with E-state index in [9.17, 15) is 26.3 Å². The van der Waals surface area contributed by atoms with Crippen molar-refractivity contribution in [2.24, 2.45) is 0 Å². The van der Waals surface area contributed by atoms with Gasteiger partial charge in [-0.1, -0.05) is 0 Å². The molecule has 130 valence electrons. The summed E-state index contributed by atoms with van der Waals surface area (Å²) in [6, 6.07) is 6.74. The minimum absolute atomic E-state index is 0.0761. The van der Waals surface area contributed by atoms with Gasteiger partial charge in [0.05, 0.1) is 11.8 Å². The number of hydrogen-bond donors (Lipinski definition) is 0. The number of benzene rings is 2. The van der Waals surface area contributed by atoms with Crippen LogP contribution in [0.5, 0.6) is 11.5 Å². The first kappa shape index (κ1) is 16.9. The van der Waals surface area contributed by atoms with E-state index < -0.39 is 40.7 Å². The summed E-state index contributed by atoms with van der Waals surface area (Å²) in [6.07, 6.45) is -3.56. The van der Waals surface area contributed by atoms with Crippen molar-refractivity contribution in [3.8, 4) is 22.8 Å². The van der Waals surface area contributed by atoms with Gasteiger partial charge in [-0.2, -0.15) is 13.2 Å². The maximum Gasteiger partial charge on any atom is 0.416 e. The molecule has 1 heterocycles. The van der Waals surface area contributed by atoms with E-state index in [1.165, 1.54) is 12.3 Å². The van der Waals surface area contributed by atoms with Crippen LogP contribution in [0.1, 0.15) is 5.56 Å². The molecular weight excluding hydrogens is 350 g/mol. The maximum atomic E-state index is 13.8. The minimum atomic E-state index is -4.93. The molecule has 1 aromatic heterocycles. The zero-order valence-corrected chi connectivity index (χ0v) is 12.2. The van der Waals surface area contributed by atoms with Crippen LogP contribution in [0.4, 0.5) is 26.3 Å². The lowest BCUT2D eigenvalue weighted by Gasteiger charge is -2.12. The Labute approximate surface area is 137 Å². The van der Waals surface area contributed by atoms with Gasteiger partial charge in [-0.25, -0.2) is 13.2 Å². The molecule has 0 fully saturated rings. The summed E-state index contributed by atoms with van der Waals surface area (Å²) in [5.74, 6) is -5.51. The van der Waals surface area contributed by atoms with E-state index in [2.05, 4.69) is 0 Å². The molecule has 3 aromatic rings. The summed E-state index contributed by atoms with van der Waals surface area (Å²) in [5, 5.41) is 0. The van der Waals surface area contributed by atoms with E-state index >= 15 is 0 Å². The van der Waals surface area contributed by atoms with E-state index in [1.54, 1.807) is 12.1 Å². The van der Waals surface area contributed by atoms with Crippen molar-refractivity contribution in [1.82, 2.24) is 0 Å².